The smallest absolute Gasteiger partial charge is 0.240 e. The number of sulfonamides is 1. The molecule has 1 aliphatic carbocycles. The molecule has 0 aliphatic heterocycles. The van der Waals surface area contributed by atoms with Crippen LogP contribution in [-0.2, 0) is 22.9 Å². The zero-order valence-electron chi connectivity index (χ0n) is 14.8. The highest BCUT2D eigenvalue weighted by Crippen LogP contribution is 2.31. The van der Waals surface area contributed by atoms with E-state index in [2.05, 4.69) is 14.8 Å². The summed E-state index contributed by atoms with van der Waals surface area (Å²) >= 11 is 0. The minimum Gasteiger partial charge on any atom is -0.493 e. The lowest BCUT2D eigenvalue weighted by molar-refractivity contribution is 0.420. The number of hydrogen-bond acceptors (Lipinski definition) is 5. The van der Waals surface area contributed by atoms with Crippen molar-refractivity contribution in [2.75, 3.05) is 0 Å². The first-order valence-corrected chi connectivity index (χ1v) is 10.2. The van der Waals surface area contributed by atoms with Crippen LogP contribution < -0.4 is 4.72 Å². The Kier molecular flexibility index (Phi) is 4.45. The Bertz CT molecular complexity index is 1060. The second-order valence-corrected chi connectivity index (χ2v) is 8.44. The molecule has 1 aliphatic rings. The predicted molar refractivity (Wildman–Crippen MR) is 100 cm³/mol. The van der Waals surface area contributed by atoms with Gasteiger partial charge in [-0.15, -0.1) is 0 Å². The van der Waals surface area contributed by atoms with E-state index in [9.17, 15) is 13.5 Å². The molecule has 2 heterocycles. The van der Waals surface area contributed by atoms with Crippen molar-refractivity contribution in [2.45, 2.75) is 37.1 Å². The van der Waals surface area contributed by atoms with Crippen molar-refractivity contribution in [3.8, 4) is 11.7 Å². The first kappa shape index (κ1) is 17.7. The second-order valence-electron chi connectivity index (χ2n) is 6.72. The molecule has 7 nitrogen and oxygen atoms in total. The summed E-state index contributed by atoms with van der Waals surface area (Å²) in [4.78, 5) is 4.45. The maximum atomic E-state index is 12.6. The summed E-state index contributed by atoms with van der Waals surface area (Å²) in [6.07, 6.45) is 3.23. The van der Waals surface area contributed by atoms with Crippen molar-refractivity contribution < 1.29 is 13.5 Å². The third-order valence-electron chi connectivity index (χ3n) is 4.74. The predicted octanol–water partition coefficient (Wildman–Crippen LogP) is 2.12. The Hall–Kier alpha value is -2.71. The van der Waals surface area contributed by atoms with Crippen molar-refractivity contribution in [2.24, 2.45) is 0 Å². The van der Waals surface area contributed by atoms with Gasteiger partial charge in [-0.1, -0.05) is 23.8 Å². The number of rotatable bonds is 4. The number of aromatic hydroxyl groups is 1. The number of aromatic nitrogens is 3. The molecule has 1 unspecified atom stereocenters. The maximum Gasteiger partial charge on any atom is 0.240 e. The molecular weight excluding hydrogens is 364 g/mol. The van der Waals surface area contributed by atoms with Gasteiger partial charge in [0, 0.05) is 17.8 Å². The molecule has 0 fully saturated rings. The Morgan fingerprint density at radius 2 is 1.96 bits per heavy atom. The molecule has 2 N–H and O–H groups in total. The van der Waals surface area contributed by atoms with E-state index in [4.69, 9.17) is 0 Å². The molecule has 1 aromatic carbocycles. The van der Waals surface area contributed by atoms with Crippen LogP contribution in [0, 0.1) is 6.92 Å². The van der Waals surface area contributed by atoms with Gasteiger partial charge in [0.15, 0.2) is 5.82 Å². The second kappa shape index (κ2) is 6.79. The van der Waals surface area contributed by atoms with E-state index in [1.165, 1.54) is 4.68 Å². The fourth-order valence-corrected chi connectivity index (χ4v) is 4.57. The van der Waals surface area contributed by atoms with E-state index in [1.54, 1.807) is 42.6 Å². The van der Waals surface area contributed by atoms with Crippen LogP contribution in [0.25, 0.3) is 5.82 Å². The number of hydrogen-bond donors (Lipinski definition) is 2. The van der Waals surface area contributed by atoms with Gasteiger partial charge in [0.05, 0.1) is 10.6 Å². The maximum absolute atomic E-state index is 12.6. The molecule has 0 saturated heterocycles. The van der Waals surface area contributed by atoms with Crippen molar-refractivity contribution in [3.05, 3.63) is 65.5 Å². The Morgan fingerprint density at radius 3 is 2.67 bits per heavy atom. The van der Waals surface area contributed by atoms with Crippen LogP contribution in [0.4, 0.5) is 0 Å². The number of benzene rings is 1. The highest BCUT2D eigenvalue weighted by Gasteiger charge is 2.29. The molecule has 0 radical (unpaired) electrons. The molecular formula is C19H20N4O3S. The summed E-state index contributed by atoms with van der Waals surface area (Å²) in [6, 6.07) is 11.8. The number of nitrogens with zero attached hydrogens (tertiary/aromatic N) is 3. The number of nitrogens with one attached hydrogen (secondary N) is 1. The van der Waals surface area contributed by atoms with E-state index in [-0.39, 0.29) is 16.8 Å². The zero-order valence-corrected chi connectivity index (χ0v) is 15.6. The number of pyridine rings is 1. The van der Waals surface area contributed by atoms with E-state index < -0.39 is 10.0 Å². The molecule has 8 heteroatoms. The van der Waals surface area contributed by atoms with Gasteiger partial charge < -0.3 is 5.11 Å². The van der Waals surface area contributed by atoms with Gasteiger partial charge in [-0.25, -0.2) is 18.1 Å². The fraction of sp³-hybridized carbons (Fsp3) is 0.263. The summed E-state index contributed by atoms with van der Waals surface area (Å²) in [5.74, 6) is 0.545. The first-order valence-electron chi connectivity index (χ1n) is 8.74. The van der Waals surface area contributed by atoms with Gasteiger partial charge in [0.25, 0.3) is 0 Å². The van der Waals surface area contributed by atoms with Gasteiger partial charge in [-0.05, 0) is 50.5 Å². The van der Waals surface area contributed by atoms with E-state index in [1.807, 2.05) is 13.0 Å². The van der Waals surface area contributed by atoms with Gasteiger partial charge in [0.2, 0.25) is 15.9 Å². The molecule has 140 valence electrons. The van der Waals surface area contributed by atoms with Crippen LogP contribution in [0.2, 0.25) is 0 Å². The quantitative estimate of drug-likeness (QED) is 0.718. The van der Waals surface area contributed by atoms with E-state index >= 15 is 0 Å². The molecule has 1 atom stereocenters. The normalized spacial score (nSPS) is 16.9. The molecule has 27 heavy (non-hydrogen) atoms. The van der Waals surface area contributed by atoms with Crippen molar-refractivity contribution in [1.82, 2.24) is 19.5 Å². The third-order valence-corrected chi connectivity index (χ3v) is 6.28. The zero-order chi connectivity index (χ0) is 19.0. The number of aryl methyl sites for hydroxylation is 2. The Labute approximate surface area is 157 Å². The summed E-state index contributed by atoms with van der Waals surface area (Å²) in [5, 5.41) is 15.0. The van der Waals surface area contributed by atoms with Crippen LogP contribution in [0.15, 0.2) is 53.6 Å². The molecule has 2 aromatic heterocycles. The number of fused-ring (bicyclic) bond motifs is 1. The van der Waals surface area contributed by atoms with Crippen LogP contribution in [-0.4, -0.2) is 34.3 Å². The van der Waals surface area contributed by atoms with Gasteiger partial charge in [0.1, 0.15) is 0 Å². The lowest BCUT2D eigenvalue weighted by Gasteiger charge is -2.22. The molecule has 0 amide bonds. The molecule has 3 aromatic rings. The van der Waals surface area contributed by atoms with E-state index in [0.29, 0.717) is 30.6 Å². The van der Waals surface area contributed by atoms with Crippen LogP contribution >= 0.6 is 0 Å². The topological polar surface area (TPSA) is 97.1 Å². The third kappa shape index (κ3) is 3.45. The average Bonchev–Trinajstić information content (AvgIpc) is 2.99. The SMILES string of the molecule is Cc1ccc(S(=O)(=O)NC2CCc3nn(-c4ccccn4)c(O)c3C2)cc1. The summed E-state index contributed by atoms with van der Waals surface area (Å²) in [6.45, 7) is 1.91. The average molecular weight is 384 g/mol. The summed E-state index contributed by atoms with van der Waals surface area (Å²) in [7, 11) is -3.61. The van der Waals surface area contributed by atoms with Crippen molar-refractivity contribution in [1.29, 1.82) is 0 Å². The molecule has 4 rings (SSSR count). The van der Waals surface area contributed by atoms with Gasteiger partial charge >= 0.3 is 0 Å². The molecule has 0 spiro atoms. The Balaban J connectivity index is 1.57. The van der Waals surface area contributed by atoms with Crippen molar-refractivity contribution in [3.63, 3.8) is 0 Å². The Morgan fingerprint density at radius 1 is 1.19 bits per heavy atom. The highest BCUT2D eigenvalue weighted by molar-refractivity contribution is 7.89. The van der Waals surface area contributed by atoms with E-state index in [0.717, 1.165) is 11.3 Å². The van der Waals surface area contributed by atoms with Crippen LogP contribution in [0.5, 0.6) is 5.88 Å². The highest BCUT2D eigenvalue weighted by atomic mass is 32.2. The standard InChI is InChI=1S/C19H20N4O3S/c1-13-5-8-15(9-6-13)27(25,26)22-14-7-10-17-16(12-14)19(24)23(21-17)18-4-2-3-11-20-18/h2-6,8-9,11,14,22,24H,7,10,12H2,1H3. The minimum absolute atomic E-state index is 0.0166. The molecule has 0 saturated carbocycles. The van der Waals surface area contributed by atoms with Gasteiger partial charge in [-0.3, -0.25) is 0 Å². The first-order chi connectivity index (χ1) is 12.9. The largest absolute Gasteiger partial charge is 0.493 e. The monoisotopic (exact) mass is 384 g/mol. The molecule has 0 bridgehead atoms. The minimum atomic E-state index is -3.61. The summed E-state index contributed by atoms with van der Waals surface area (Å²) < 4.78 is 29.4. The lowest BCUT2D eigenvalue weighted by atomic mass is 9.94. The fourth-order valence-electron chi connectivity index (χ4n) is 3.30. The van der Waals surface area contributed by atoms with Crippen molar-refractivity contribution >= 4 is 10.0 Å². The summed E-state index contributed by atoms with van der Waals surface area (Å²) in [5.41, 5.74) is 2.45. The van der Waals surface area contributed by atoms with Crippen LogP contribution in [0.1, 0.15) is 23.2 Å². The van der Waals surface area contributed by atoms with Crippen LogP contribution in [0.3, 0.4) is 0 Å². The lowest BCUT2D eigenvalue weighted by Crippen LogP contribution is -2.38. The van der Waals surface area contributed by atoms with Gasteiger partial charge in [-0.2, -0.15) is 9.78 Å².